The normalized spacial score (nSPS) is 26.4. The molecule has 2 atom stereocenters. The summed E-state index contributed by atoms with van der Waals surface area (Å²) < 4.78 is 57.3. The Bertz CT molecular complexity index is 847. The van der Waals surface area contributed by atoms with Gasteiger partial charge in [-0.3, -0.25) is 0 Å². The molecule has 25 heavy (non-hydrogen) atoms. The van der Waals surface area contributed by atoms with E-state index in [0.717, 1.165) is 12.8 Å². The van der Waals surface area contributed by atoms with Gasteiger partial charge in [0.25, 0.3) is 0 Å². The number of halogens is 1. The molecular weight excluding hydrogens is 386 g/mol. The van der Waals surface area contributed by atoms with Crippen LogP contribution in [0.15, 0.2) is 23.1 Å². The average Bonchev–Trinajstić information content (AvgIpc) is 3.16. The van der Waals surface area contributed by atoms with Gasteiger partial charge in [-0.2, -0.15) is 4.31 Å². The topological polar surface area (TPSA) is 80.8 Å². The number of nitrogens with zero attached hydrogens (tertiary/aromatic N) is 1. The summed E-state index contributed by atoms with van der Waals surface area (Å²) in [5.74, 6) is -0.123. The first kappa shape index (κ1) is 19.1. The van der Waals surface area contributed by atoms with Crippen LogP contribution in [0.4, 0.5) is 0 Å². The minimum absolute atomic E-state index is 0.0176. The van der Waals surface area contributed by atoms with Crippen LogP contribution >= 0.6 is 11.6 Å². The van der Waals surface area contributed by atoms with Crippen molar-refractivity contribution in [1.29, 1.82) is 0 Å². The Morgan fingerprint density at radius 3 is 2.68 bits per heavy atom. The summed E-state index contributed by atoms with van der Waals surface area (Å²) in [4.78, 5) is 0.127. The van der Waals surface area contributed by atoms with Gasteiger partial charge in [-0.05, 0) is 43.9 Å². The van der Waals surface area contributed by atoms with Crippen LogP contribution in [0.5, 0.6) is 0 Å². The van der Waals surface area contributed by atoms with Crippen LogP contribution < -0.4 is 0 Å². The van der Waals surface area contributed by atoms with Gasteiger partial charge in [-0.1, -0.05) is 17.7 Å². The molecule has 1 aromatic rings. The molecule has 6 nitrogen and oxygen atoms in total. The Morgan fingerprint density at radius 2 is 2.08 bits per heavy atom. The van der Waals surface area contributed by atoms with Gasteiger partial charge >= 0.3 is 0 Å². The molecule has 0 saturated carbocycles. The number of hydrogen-bond acceptors (Lipinski definition) is 5. The molecule has 2 fully saturated rings. The maximum Gasteiger partial charge on any atom is 0.243 e. The zero-order chi connectivity index (χ0) is 18.2. The van der Waals surface area contributed by atoms with Gasteiger partial charge in [0.05, 0.1) is 22.5 Å². The fourth-order valence-electron chi connectivity index (χ4n) is 3.41. The first-order valence-electron chi connectivity index (χ1n) is 8.29. The largest absolute Gasteiger partial charge is 0.377 e. The van der Waals surface area contributed by atoms with Crippen molar-refractivity contribution in [2.75, 3.05) is 24.7 Å². The van der Waals surface area contributed by atoms with Crippen molar-refractivity contribution in [3.8, 4) is 0 Å². The number of aryl methyl sites for hydroxylation is 1. The van der Waals surface area contributed by atoms with Crippen molar-refractivity contribution in [1.82, 2.24) is 4.31 Å². The van der Waals surface area contributed by atoms with Crippen molar-refractivity contribution in [3.05, 3.63) is 28.8 Å². The minimum Gasteiger partial charge on any atom is -0.377 e. The molecule has 2 saturated heterocycles. The molecule has 0 spiro atoms. The molecule has 0 N–H and O–H groups in total. The molecular formula is C16H22ClNO5S2. The predicted octanol–water partition coefficient (Wildman–Crippen LogP) is 2.01. The van der Waals surface area contributed by atoms with Crippen LogP contribution in [-0.4, -0.2) is 57.9 Å². The number of sulfonamides is 1. The number of sulfone groups is 1. The molecule has 1 aromatic carbocycles. The maximum absolute atomic E-state index is 13.3. The second-order valence-corrected chi connectivity index (χ2v) is 11.2. The van der Waals surface area contributed by atoms with E-state index in [2.05, 4.69) is 0 Å². The maximum atomic E-state index is 13.3. The van der Waals surface area contributed by atoms with Gasteiger partial charge in [0, 0.05) is 24.2 Å². The highest BCUT2D eigenvalue weighted by Gasteiger charge is 2.40. The Labute approximate surface area is 154 Å². The third-order valence-corrected chi connectivity index (χ3v) is 8.81. The molecule has 2 heterocycles. The summed E-state index contributed by atoms with van der Waals surface area (Å²) in [6.07, 6.45) is 1.78. The molecule has 2 aliphatic rings. The van der Waals surface area contributed by atoms with Gasteiger partial charge in [-0.25, -0.2) is 16.8 Å². The fraction of sp³-hybridized carbons (Fsp3) is 0.625. The molecule has 0 unspecified atom stereocenters. The van der Waals surface area contributed by atoms with E-state index in [1.807, 2.05) is 0 Å². The summed E-state index contributed by atoms with van der Waals surface area (Å²) in [6.45, 7) is 2.49. The minimum atomic E-state index is -3.87. The smallest absolute Gasteiger partial charge is 0.243 e. The number of ether oxygens (including phenoxy) is 1. The lowest BCUT2D eigenvalue weighted by atomic mass is 10.2. The van der Waals surface area contributed by atoms with E-state index in [1.54, 1.807) is 19.1 Å². The quantitative estimate of drug-likeness (QED) is 0.745. The van der Waals surface area contributed by atoms with Gasteiger partial charge < -0.3 is 4.74 Å². The van der Waals surface area contributed by atoms with Crippen LogP contribution in [0.25, 0.3) is 0 Å². The van der Waals surface area contributed by atoms with E-state index >= 15 is 0 Å². The molecule has 0 radical (unpaired) electrons. The molecule has 140 valence electrons. The first-order valence-corrected chi connectivity index (χ1v) is 11.9. The molecule has 0 bridgehead atoms. The van der Waals surface area contributed by atoms with Crippen LogP contribution in [-0.2, 0) is 24.6 Å². The molecule has 0 aliphatic carbocycles. The Kier molecular flexibility index (Phi) is 5.46. The number of rotatable bonds is 5. The van der Waals surface area contributed by atoms with E-state index in [4.69, 9.17) is 16.3 Å². The molecule has 9 heteroatoms. The van der Waals surface area contributed by atoms with Crippen molar-refractivity contribution in [3.63, 3.8) is 0 Å². The van der Waals surface area contributed by atoms with Crippen LogP contribution in [0.3, 0.4) is 0 Å². The second-order valence-electron chi connectivity index (χ2n) is 6.68. The number of benzene rings is 1. The summed E-state index contributed by atoms with van der Waals surface area (Å²) in [7, 11) is -7.08. The van der Waals surface area contributed by atoms with Crippen LogP contribution in [0.1, 0.15) is 24.8 Å². The average molecular weight is 408 g/mol. The summed E-state index contributed by atoms with van der Waals surface area (Å²) in [5, 5.41) is 0.334. The van der Waals surface area contributed by atoms with Gasteiger partial charge in [0.2, 0.25) is 10.0 Å². The Hall–Kier alpha value is -0.670. The highest BCUT2D eigenvalue weighted by Crippen LogP contribution is 2.30. The van der Waals surface area contributed by atoms with E-state index < -0.39 is 25.9 Å². The highest BCUT2D eigenvalue weighted by atomic mass is 35.5. The molecule has 3 rings (SSSR count). The third-order valence-electron chi connectivity index (χ3n) is 4.76. The van der Waals surface area contributed by atoms with Gasteiger partial charge in [0.15, 0.2) is 9.84 Å². The van der Waals surface area contributed by atoms with Crippen LogP contribution in [0.2, 0.25) is 5.02 Å². The lowest BCUT2D eigenvalue weighted by Gasteiger charge is -2.30. The van der Waals surface area contributed by atoms with E-state index in [1.165, 1.54) is 10.4 Å². The first-order chi connectivity index (χ1) is 11.7. The SMILES string of the molecule is Cc1ccc(Cl)cc1S(=O)(=O)N(C[C@@H]1CCCO1)[C@H]1CCS(=O)(=O)C1. The monoisotopic (exact) mass is 407 g/mol. The fourth-order valence-corrected chi connectivity index (χ4v) is 7.41. The lowest BCUT2D eigenvalue weighted by molar-refractivity contribution is 0.0877. The Balaban J connectivity index is 1.98. The van der Waals surface area contributed by atoms with Crippen molar-refractivity contribution < 1.29 is 21.6 Å². The van der Waals surface area contributed by atoms with Crippen molar-refractivity contribution in [2.24, 2.45) is 0 Å². The number of hydrogen-bond donors (Lipinski definition) is 0. The van der Waals surface area contributed by atoms with Gasteiger partial charge in [0.1, 0.15) is 0 Å². The molecule has 2 aliphatic heterocycles. The van der Waals surface area contributed by atoms with Crippen molar-refractivity contribution in [2.45, 2.75) is 43.2 Å². The molecule has 0 amide bonds. The zero-order valence-corrected chi connectivity index (χ0v) is 16.4. The lowest BCUT2D eigenvalue weighted by Crippen LogP contribution is -2.45. The second kappa shape index (κ2) is 7.15. The molecule has 0 aromatic heterocycles. The third kappa shape index (κ3) is 4.19. The van der Waals surface area contributed by atoms with Gasteiger partial charge in [-0.15, -0.1) is 0 Å². The Morgan fingerprint density at radius 1 is 1.32 bits per heavy atom. The summed E-state index contributed by atoms with van der Waals surface area (Å²) >= 11 is 6.00. The standard InChI is InChI=1S/C16H22ClNO5S2/c1-12-4-5-13(17)9-16(12)25(21,22)18(10-15-3-2-7-23-15)14-6-8-24(19,20)11-14/h4-5,9,14-15H,2-3,6-8,10-11H2,1H3/t14-,15-/m0/s1. The summed E-state index contributed by atoms with van der Waals surface area (Å²) in [6, 6.07) is 4.17. The van der Waals surface area contributed by atoms with E-state index in [-0.39, 0.29) is 29.0 Å². The van der Waals surface area contributed by atoms with E-state index in [0.29, 0.717) is 23.6 Å². The summed E-state index contributed by atoms with van der Waals surface area (Å²) in [5.41, 5.74) is 0.586. The predicted molar refractivity (Wildman–Crippen MR) is 96.1 cm³/mol. The zero-order valence-electron chi connectivity index (χ0n) is 14.0. The van der Waals surface area contributed by atoms with E-state index in [9.17, 15) is 16.8 Å². The van der Waals surface area contributed by atoms with Crippen LogP contribution in [0, 0.1) is 6.92 Å². The highest BCUT2D eigenvalue weighted by molar-refractivity contribution is 7.92. The van der Waals surface area contributed by atoms with Crippen molar-refractivity contribution >= 4 is 31.5 Å².